The van der Waals surface area contributed by atoms with Crippen LogP contribution in [-0.4, -0.2) is 58.3 Å². The SMILES string of the molecule is C=CCNC(=NCc1nnc(C)n1C)N1CCN(c2ccc(C(F)(F)F)cc2)CC1. The van der Waals surface area contributed by atoms with E-state index in [1.54, 1.807) is 6.08 Å². The van der Waals surface area contributed by atoms with Crippen LogP contribution in [0.1, 0.15) is 17.2 Å². The highest BCUT2D eigenvalue weighted by Gasteiger charge is 2.30. The van der Waals surface area contributed by atoms with Gasteiger partial charge >= 0.3 is 6.18 Å². The second-order valence-corrected chi connectivity index (χ2v) is 7.05. The summed E-state index contributed by atoms with van der Waals surface area (Å²) in [4.78, 5) is 8.89. The van der Waals surface area contributed by atoms with Crippen LogP contribution in [0.15, 0.2) is 41.9 Å². The molecule has 2 heterocycles. The van der Waals surface area contributed by atoms with Crippen molar-refractivity contribution in [3.05, 3.63) is 54.1 Å². The maximum absolute atomic E-state index is 12.8. The van der Waals surface area contributed by atoms with E-state index >= 15 is 0 Å². The van der Waals surface area contributed by atoms with E-state index in [9.17, 15) is 13.2 Å². The first-order valence-electron chi connectivity index (χ1n) is 9.71. The van der Waals surface area contributed by atoms with Gasteiger partial charge in [0.05, 0.1) is 5.56 Å². The lowest BCUT2D eigenvalue weighted by Crippen LogP contribution is -2.52. The predicted octanol–water partition coefficient (Wildman–Crippen LogP) is 2.60. The summed E-state index contributed by atoms with van der Waals surface area (Å²) >= 11 is 0. The fourth-order valence-electron chi connectivity index (χ4n) is 3.20. The lowest BCUT2D eigenvalue weighted by molar-refractivity contribution is -0.137. The lowest BCUT2D eigenvalue weighted by atomic mass is 10.1. The minimum Gasteiger partial charge on any atom is -0.368 e. The molecule has 0 saturated carbocycles. The molecule has 7 nitrogen and oxygen atoms in total. The third kappa shape index (κ3) is 5.11. The zero-order valence-electron chi connectivity index (χ0n) is 17.2. The van der Waals surface area contributed by atoms with E-state index in [-0.39, 0.29) is 0 Å². The molecule has 10 heteroatoms. The first-order valence-corrected chi connectivity index (χ1v) is 9.71. The number of rotatable bonds is 5. The molecular weight excluding hydrogens is 395 g/mol. The number of piperazine rings is 1. The molecule has 2 aromatic rings. The first kappa shape index (κ1) is 21.7. The van der Waals surface area contributed by atoms with Gasteiger partial charge in [0.15, 0.2) is 11.8 Å². The molecule has 0 spiro atoms. The van der Waals surface area contributed by atoms with Crippen LogP contribution in [0.25, 0.3) is 0 Å². The highest BCUT2D eigenvalue weighted by molar-refractivity contribution is 5.80. The van der Waals surface area contributed by atoms with E-state index in [1.165, 1.54) is 12.1 Å². The Bertz CT molecular complexity index is 879. The van der Waals surface area contributed by atoms with E-state index in [0.717, 1.165) is 35.4 Å². The highest BCUT2D eigenvalue weighted by atomic mass is 19.4. The molecule has 0 radical (unpaired) electrons. The number of hydrogen-bond donors (Lipinski definition) is 1. The Morgan fingerprint density at radius 1 is 1.17 bits per heavy atom. The average Bonchev–Trinajstić information content (AvgIpc) is 3.06. The number of anilines is 1. The van der Waals surface area contributed by atoms with Crippen molar-refractivity contribution in [3.63, 3.8) is 0 Å². The Morgan fingerprint density at radius 2 is 1.83 bits per heavy atom. The summed E-state index contributed by atoms with van der Waals surface area (Å²) in [6.07, 6.45) is -2.55. The van der Waals surface area contributed by atoms with Crippen molar-refractivity contribution in [3.8, 4) is 0 Å². The fraction of sp³-hybridized carbons (Fsp3) is 0.450. The van der Waals surface area contributed by atoms with Crippen molar-refractivity contribution < 1.29 is 13.2 Å². The molecule has 1 N–H and O–H groups in total. The summed E-state index contributed by atoms with van der Waals surface area (Å²) in [5, 5.41) is 11.5. The second kappa shape index (κ2) is 9.19. The summed E-state index contributed by atoms with van der Waals surface area (Å²) in [6.45, 7) is 9.36. The van der Waals surface area contributed by atoms with Crippen LogP contribution in [0.2, 0.25) is 0 Å². The summed E-state index contributed by atoms with van der Waals surface area (Å²) in [5.41, 5.74) is 0.154. The number of alkyl halides is 3. The van der Waals surface area contributed by atoms with Gasteiger partial charge in [0.25, 0.3) is 0 Å². The fourth-order valence-corrected chi connectivity index (χ4v) is 3.20. The van der Waals surface area contributed by atoms with Crippen LogP contribution >= 0.6 is 0 Å². The number of aryl methyl sites for hydroxylation is 1. The number of aromatic nitrogens is 3. The normalized spacial score (nSPS) is 15.4. The van der Waals surface area contributed by atoms with Gasteiger partial charge in [-0.1, -0.05) is 6.08 Å². The molecule has 1 saturated heterocycles. The number of hydrogen-bond acceptors (Lipinski definition) is 4. The largest absolute Gasteiger partial charge is 0.416 e. The molecular formula is C20H26F3N7. The molecule has 1 fully saturated rings. The number of guanidine groups is 1. The van der Waals surface area contributed by atoms with E-state index in [2.05, 4.69) is 36.9 Å². The monoisotopic (exact) mass is 421 g/mol. The standard InChI is InChI=1S/C20H26F3N7/c1-4-9-24-19(25-14-18-27-26-15(2)28(18)3)30-12-10-29(11-13-30)17-7-5-16(6-8-17)20(21,22)23/h4-8H,1,9-14H2,2-3H3,(H,24,25). The van der Waals surface area contributed by atoms with Gasteiger partial charge in [-0.25, -0.2) is 4.99 Å². The van der Waals surface area contributed by atoms with Crippen LogP contribution in [0.4, 0.5) is 18.9 Å². The van der Waals surface area contributed by atoms with E-state index in [1.807, 2.05) is 18.5 Å². The summed E-state index contributed by atoms with van der Waals surface area (Å²) in [7, 11) is 1.90. The maximum atomic E-state index is 12.8. The van der Waals surface area contributed by atoms with Gasteiger partial charge in [0, 0.05) is 45.5 Å². The first-order chi connectivity index (χ1) is 14.3. The number of halogens is 3. The molecule has 0 bridgehead atoms. The molecule has 162 valence electrons. The van der Waals surface area contributed by atoms with Crippen molar-refractivity contribution in [1.82, 2.24) is 25.0 Å². The zero-order chi connectivity index (χ0) is 21.7. The van der Waals surface area contributed by atoms with E-state index in [0.29, 0.717) is 39.3 Å². The molecule has 1 aliphatic rings. The van der Waals surface area contributed by atoms with Crippen LogP contribution < -0.4 is 10.2 Å². The Labute approximate surface area is 173 Å². The highest BCUT2D eigenvalue weighted by Crippen LogP contribution is 2.30. The smallest absolute Gasteiger partial charge is 0.368 e. The number of nitrogens with one attached hydrogen (secondary N) is 1. The molecule has 0 amide bonds. The molecule has 0 unspecified atom stereocenters. The molecule has 3 rings (SSSR count). The minimum atomic E-state index is -4.32. The second-order valence-electron chi connectivity index (χ2n) is 7.05. The topological polar surface area (TPSA) is 61.6 Å². The van der Waals surface area contributed by atoms with Crippen molar-refractivity contribution in [1.29, 1.82) is 0 Å². The number of nitrogens with zero attached hydrogens (tertiary/aromatic N) is 6. The van der Waals surface area contributed by atoms with Crippen molar-refractivity contribution in [2.75, 3.05) is 37.6 Å². The van der Waals surface area contributed by atoms with Gasteiger partial charge in [0.1, 0.15) is 12.4 Å². The molecule has 1 aromatic carbocycles. The van der Waals surface area contributed by atoms with Crippen molar-refractivity contribution >= 4 is 11.6 Å². The minimum absolute atomic E-state index is 0.399. The quantitative estimate of drug-likeness (QED) is 0.457. The Morgan fingerprint density at radius 3 is 2.37 bits per heavy atom. The van der Waals surface area contributed by atoms with Crippen molar-refractivity contribution in [2.24, 2.45) is 12.0 Å². The van der Waals surface area contributed by atoms with Gasteiger partial charge in [-0.15, -0.1) is 16.8 Å². The van der Waals surface area contributed by atoms with Crippen molar-refractivity contribution in [2.45, 2.75) is 19.6 Å². The molecule has 1 aliphatic heterocycles. The average molecular weight is 421 g/mol. The molecule has 0 aliphatic carbocycles. The predicted molar refractivity (Wildman–Crippen MR) is 110 cm³/mol. The molecule has 30 heavy (non-hydrogen) atoms. The Balaban J connectivity index is 1.64. The van der Waals surface area contributed by atoms with Gasteiger partial charge in [-0.3, -0.25) is 0 Å². The number of benzene rings is 1. The van der Waals surface area contributed by atoms with Gasteiger partial charge < -0.3 is 19.7 Å². The zero-order valence-corrected chi connectivity index (χ0v) is 17.2. The van der Waals surface area contributed by atoms with Crippen LogP contribution in [0.3, 0.4) is 0 Å². The summed E-state index contributed by atoms with van der Waals surface area (Å²) in [6, 6.07) is 5.31. The number of aliphatic imine (C=N–C) groups is 1. The van der Waals surface area contributed by atoms with Crippen LogP contribution in [-0.2, 0) is 19.8 Å². The van der Waals surface area contributed by atoms with E-state index in [4.69, 9.17) is 0 Å². The van der Waals surface area contributed by atoms with Gasteiger partial charge in [0.2, 0.25) is 0 Å². The maximum Gasteiger partial charge on any atom is 0.416 e. The van der Waals surface area contributed by atoms with Crippen LogP contribution in [0, 0.1) is 6.92 Å². The van der Waals surface area contributed by atoms with Crippen LogP contribution in [0.5, 0.6) is 0 Å². The Hall–Kier alpha value is -3.04. The molecule has 0 atom stereocenters. The van der Waals surface area contributed by atoms with Gasteiger partial charge in [-0.2, -0.15) is 13.2 Å². The lowest BCUT2D eigenvalue weighted by Gasteiger charge is -2.37. The van der Waals surface area contributed by atoms with E-state index < -0.39 is 11.7 Å². The Kier molecular flexibility index (Phi) is 6.63. The third-order valence-electron chi connectivity index (χ3n) is 5.10. The third-order valence-corrected chi connectivity index (χ3v) is 5.10. The van der Waals surface area contributed by atoms with Gasteiger partial charge in [-0.05, 0) is 31.2 Å². The summed E-state index contributed by atoms with van der Waals surface area (Å²) < 4.78 is 40.2. The summed E-state index contributed by atoms with van der Waals surface area (Å²) in [5.74, 6) is 2.35. The molecule has 1 aromatic heterocycles.